The Balaban J connectivity index is 1.32. The van der Waals surface area contributed by atoms with Gasteiger partial charge in [0, 0.05) is 45.2 Å². The van der Waals surface area contributed by atoms with Crippen molar-refractivity contribution in [2.24, 2.45) is 0 Å². The first-order valence-electron chi connectivity index (χ1n) is 10.6. The van der Waals surface area contributed by atoms with Crippen LogP contribution >= 0.6 is 11.3 Å². The zero-order valence-electron chi connectivity index (χ0n) is 17.1. The molecule has 5 rings (SSSR count). The predicted molar refractivity (Wildman–Crippen MR) is 117 cm³/mol. The van der Waals surface area contributed by atoms with Crippen LogP contribution in [0, 0.1) is 6.92 Å². The highest BCUT2D eigenvalue weighted by molar-refractivity contribution is 7.20. The van der Waals surface area contributed by atoms with Crippen molar-refractivity contribution >= 4 is 33.3 Å². The Morgan fingerprint density at radius 3 is 2.70 bits per heavy atom. The van der Waals surface area contributed by atoms with Gasteiger partial charge in [0.25, 0.3) is 5.91 Å². The molecule has 0 spiro atoms. The lowest BCUT2D eigenvalue weighted by Crippen LogP contribution is -2.41. The van der Waals surface area contributed by atoms with Crippen molar-refractivity contribution in [2.45, 2.75) is 38.7 Å². The number of amides is 1. The quantitative estimate of drug-likeness (QED) is 0.638. The lowest BCUT2D eigenvalue weighted by atomic mass is 10.1. The van der Waals surface area contributed by atoms with Crippen LogP contribution in [-0.4, -0.2) is 58.0 Å². The molecule has 8 heteroatoms. The number of nitrogens with zero attached hydrogens (tertiary/aromatic N) is 5. The zero-order valence-corrected chi connectivity index (χ0v) is 17.9. The summed E-state index contributed by atoms with van der Waals surface area (Å²) in [5, 5.41) is 1.04. The lowest BCUT2D eigenvalue weighted by Gasteiger charge is -2.32. The van der Waals surface area contributed by atoms with Crippen molar-refractivity contribution in [3.05, 3.63) is 41.3 Å². The third-order valence-electron chi connectivity index (χ3n) is 5.97. The van der Waals surface area contributed by atoms with Crippen LogP contribution in [-0.2, 0) is 0 Å². The van der Waals surface area contributed by atoms with Gasteiger partial charge in [-0.05, 0) is 37.5 Å². The molecule has 3 aromatic heterocycles. The summed E-state index contributed by atoms with van der Waals surface area (Å²) in [6, 6.07) is 3.79. The third-order valence-corrected chi connectivity index (χ3v) is 7.16. The summed E-state index contributed by atoms with van der Waals surface area (Å²) in [4.78, 5) is 32.4. The van der Waals surface area contributed by atoms with Gasteiger partial charge in [0.2, 0.25) is 0 Å². The minimum absolute atomic E-state index is 0.0997. The molecule has 0 N–H and O–H groups in total. The first-order chi connectivity index (χ1) is 14.7. The smallest absolute Gasteiger partial charge is 0.264 e. The van der Waals surface area contributed by atoms with Crippen molar-refractivity contribution in [2.75, 3.05) is 31.1 Å². The molecule has 0 aliphatic carbocycles. The molecule has 0 atom stereocenters. The van der Waals surface area contributed by atoms with Crippen LogP contribution < -0.4 is 9.64 Å². The Morgan fingerprint density at radius 2 is 1.97 bits per heavy atom. The van der Waals surface area contributed by atoms with Gasteiger partial charge in [0.05, 0.1) is 16.5 Å². The number of anilines is 1. The normalized spacial score (nSPS) is 17.6. The van der Waals surface area contributed by atoms with Crippen LogP contribution in [0.25, 0.3) is 10.2 Å². The van der Waals surface area contributed by atoms with Gasteiger partial charge in [-0.1, -0.05) is 0 Å². The number of rotatable bonds is 4. The average molecular weight is 424 g/mol. The number of piperidine rings is 1. The number of thiophene rings is 1. The van der Waals surface area contributed by atoms with E-state index in [0.717, 1.165) is 58.2 Å². The molecule has 1 amide bonds. The van der Waals surface area contributed by atoms with Crippen molar-refractivity contribution in [3.8, 4) is 5.75 Å². The summed E-state index contributed by atoms with van der Waals surface area (Å²) in [5.74, 6) is 1.87. The van der Waals surface area contributed by atoms with E-state index in [1.165, 1.54) is 24.2 Å². The molecule has 0 saturated carbocycles. The molecule has 0 radical (unpaired) electrons. The van der Waals surface area contributed by atoms with Gasteiger partial charge in [0.1, 0.15) is 28.8 Å². The number of carbonyl (C=O) groups excluding carboxylic acids is 1. The Bertz CT molecular complexity index is 1040. The number of ether oxygens (including phenoxy) is 1. The standard InChI is InChI=1S/C22H25N5O2S/c1-15-18-20(26-9-2-3-10-26)24-14-25-21(18)30-19(15)22(28)27-11-6-16(7-12-27)29-17-5-4-8-23-13-17/h4-5,8,13-14,16H,2-3,6-7,9-12H2,1H3. The largest absolute Gasteiger partial charge is 0.489 e. The van der Waals surface area contributed by atoms with E-state index in [9.17, 15) is 4.79 Å². The molecular formula is C22H25N5O2S. The molecule has 5 heterocycles. The number of hydrogen-bond donors (Lipinski definition) is 0. The molecule has 0 aromatic carbocycles. The van der Waals surface area contributed by atoms with Crippen LogP contribution in [0.5, 0.6) is 5.75 Å². The monoisotopic (exact) mass is 423 g/mol. The van der Waals surface area contributed by atoms with Crippen LogP contribution in [0.2, 0.25) is 0 Å². The zero-order chi connectivity index (χ0) is 20.5. The summed E-state index contributed by atoms with van der Waals surface area (Å²) in [5.41, 5.74) is 1.01. The molecular weight excluding hydrogens is 398 g/mol. The summed E-state index contributed by atoms with van der Waals surface area (Å²) in [6.07, 6.45) is 9.24. The fourth-order valence-corrected chi connectivity index (χ4v) is 5.47. The topological polar surface area (TPSA) is 71.5 Å². The average Bonchev–Trinajstić information content (AvgIpc) is 3.43. The molecule has 2 aliphatic heterocycles. The molecule has 3 aromatic rings. The molecule has 156 valence electrons. The summed E-state index contributed by atoms with van der Waals surface area (Å²) >= 11 is 1.49. The molecule has 0 bridgehead atoms. The van der Waals surface area contributed by atoms with E-state index in [-0.39, 0.29) is 12.0 Å². The highest BCUT2D eigenvalue weighted by Gasteiger charge is 2.29. The fraction of sp³-hybridized carbons (Fsp3) is 0.455. The SMILES string of the molecule is Cc1c(C(=O)N2CCC(Oc3cccnc3)CC2)sc2ncnc(N3CCCC3)c12. The van der Waals surface area contributed by atoms with Gasteiger partial charge in [-0.25, -0.2) is 9.97 Å². The minimum Gasteiger partial charge on any atom is -0.489 e. The van der Waals surface area contributed by atoms with E-state index < -0.39 is 0 Å². The van der Waals surface area contributed by atoms with Gasteiger partial charge in [-0.15, -0.1) is 11.3 Å². The first-order valence-corrected chi connectivity index (χ1v) is 11.4. The highest BCUT2D eigenvalue weighted by atomic mass is 32.1. The molecule has 2 aliphatic rings. The van der Waals surface area contributed by atoms with E-state index in [0.29, 0.717) is 13.1 Å². The first kappa shape index (κ1) is 19.2. The summed E-state index contributed by atoms with van der Waals surface area (Å²) in [6.45, 7) is 5.47. The molecule has 0 unspecified atom stereocenters. The van der Waals surface area contributed by atoms with Gasteiger partial charge < -0.3 is 14.5 Å². The van der Waals surface area contributed by atoms with Crippen LogP contribution in [0.3, 0.4) is 0 Å². The second kappa shape index (κ2) is 8.18. The van der Waals surface area contributed by atoms with E-state index in [4.69, 9.17) is 4.74 Å². The lowest BCUT2D eigenvalue weighted by molar-refractivity contribution is 0.0599. The van der Waals surface area contributed by atoms with Gasteiger partial charge in [-0.2, -0.15) is 0 Å². The maximum atomic E-state index is 13.3. The Morgan fingerprint density at radius 1 is 1.17 bits per heavy atom. The second-order valence-electron chi connectivity index (χ2n) is 7.93. The van der Waals surface area contributed by atoms with Crippen molar-refractivity contribution in [3.63, 3.8) is 0 Å². The van der Waals surface area contributed by atoms with Crippen LogP contribution in [0.1, 0.15) is 40.9 Å². The summed E-state index contributed by atoms with van der Waals surface area (Å²) in [7, 11) is 0. The number of carbonyl (C=O) groups is 1. The summed E-state index contributed by atoms with van der Waals surface area (Å²) < 4.78 is 6.01. The Hall–Kier alpha value is -2.74. The molecule has 2 fully saturated rings. The maximum absolute atomic E-state index is 13.3. The molecule has 7 nitrogen and oxygen atoms in total. The van der Waals surface area contributed by atoms with E-state index >= 15 is 0 Å². The van der Waals surface area contributed by atoms with E-state index in [2.05, 4.69) is 19.9 Å². The van der Waals surface area contributed by atoms with Crippen LogP contribution in [0.4, 0.5) is 5.82 Å². The molecule has 30 heavy (non-hydrogen) atoms. The van der Waals surface area contributed by atoms with E-state index in [1.807, 2.05) is 24.0 Å². The van der Waals surface area contributed by atoms with Gasteiger partial charge in [-0.3, -0.25) is 9.78 Å². The molecule has 2 saturated heterocycles. The third kappa shape index (κ3) is 3.60. The second-order valence-corrected chi connectivity index (χ2v) is 8.92. The number of aryl methyl sites for hydroxylation is 1. The maximum Gasteiger partial charge on any atom is 0.264 e. The van der Waals surface area contributed by atoms with Crippen molar-refractivity contribution in [1.82, 2.24) is 19.9 Å². The predicted octanol–water partition coefficient (Wildman–Crippen LogP) is 3.68. The van der Waals surface area contributed by atoms with Crippen molar-refractivity contribution in [1.29, 1.82) is 0 Å². The number of likely N-dealkylation sites (tertiary alicyclic amines) is 1. The fourth-order valence-electron chi connectivity index (χ4n) is 4.36. The van der Waals surface area contributed by atoms with Gasteiger partial charge in [0.15, 0.2) is 0 Å². The van der Waals surface area contributed by atoms with Gasteiger partial charge >= 0.3 is 0 Å². The highest BCUT2D eigenvalue weighted by Crippen LogP contribution is 2.36. The number of pyridine rings is 1. The number of hydrogen-bond acceptors (Lipinski definition) is 7. The number of fused-ring (bicyclic) bond motifs is 1. The Kier molecular flexibility index (Phi) is 5.25. The Labute approximate surface area is 179 Å². The van der Waals surface area contributed by atoms with E-state index in [1.54, 1.807) is 18.7 Å². The van der Waals surface area contributed by atoms with Crippen molar-refractivity contribution < 1.29 is 9.53 Å². The van der Waals surface area contributed by atoms with Crippen LogP contribution in [0.15, 0.2) is 30.9 Å². The number of aromatic nitrogens is 3. The minimum atomic E-state index is 0.0997.